The first-order chi connectivity index (χ1) is 9.49. The summed E-state index contributed by atoms with van der Waals surface area (Å²) in [5.74, 6) is 0.388. The molecular weight excluding hydrogens is 260 g/mol. The van der Waals surface area contributed by atoms with Crippen molar-refractivity contribution < 1.29 is 4.42 Å². The molecule has 20 heavy (non-hydrogen) atoms. The maximum Gasteiger partial charge on any atom is 0.330 e. The molecule has 0 aromatic carbocycles. The standard InChI is InChI=1S/C13H18N4O3/c1-8(2)6-17-11(14)10(12(18)16-13(17)19)15-5-9-3-4-20-7-9/h3-4,7-8,15H,5-6,14H2,1-2H3,(H,16,18,19). The van der Waals surface area contributed by atoms with E-state index in [1.54, 1.807) is 18.6 Å². The van der Waals surface area contributed by atoms with Crippen molar-refractivity contribution in [1.82, 2.24) is 9.55 Å². The molecule has 0 radical (unpaired) electrons. The van der Waals surface area contributed by atoms with Gasteiger partial charge in [0.2, 0.25) is 0 Å². The van der Waals surface area contributed by atoms with Crippen LogP contribution in [0.5, 0.6) is 0 Å². The molecule has 0 saturated heterocycles. The highest BCUT2D eigenvalue weighted by Gasteiger charge is 2.13. The lowest BCUT2D eigenvalue weighted by atomic mass is 10.2. The van der Waals surface area contributed by atoms with Gasteiger partial charge >= 0.3 is 5.69 Å². The van der Waals surface area contributed by atoms with E-state index in [1.807, 2.05) is 13.8 Å². The van der Waals surface area contributed by atoms with Crippen LogP contribution in [0.3, 0.4) is 0 Å². The SMILES string of the molecule is CC(C)Cn1c(N)c(NCc2ccoc2)c(=O)[nH]c1=O. The second kappa shape index (κ2) is 5.68. The summed E-state index contributed by atoms with van der Waals surface area (Å²) in [6.07, 6.45) is 3.12. The van der Waals surface area contributed by atoms with Crippen LogP contribution in [0.2, 0.25) is 0 Å². The van der Waals surface area contributed by atoms with Crippen molar-refractivity contribution in [3.8, 4) is 0 Å². The van der Waals surface area contributed by atoms with E-state index >= 15 is 0 Å². The number of nitrogen functional groups attached to an aromatic ring is 1. The number of hydrogen-bond acceptors (Lipinski definition) is 5. The zero-order valence-electron chi connectivity index (χ0n) is 11.5. The number of nitrogens with two attached hydrogens (primary N) is 1. The molecule has 0 aliphatic carbocycles. The maximum absolute atomic E-state index is 11.8. The zero-order chi connectivity index (χ0) is 14.7. The minimum absolute atomic E-state index is 0.149. The molecular formula is C13H18N4O3. The number of nitrogens with zero attached hydrogens (tertiary/aromatic N) is 1. The summed E-state index contributed by atoms with van der Waals surface area (Å²) in [5.41, 5.74) is 6.00. The lowest BCUT2D eigenvalue weighted by Gasteiger charge is -2.15. The Hall–Kier alpha value is -2.44. The van der Waals surface area contributed by atoms with Gasteiger partial charge in [0.25, 0.3) is 5.56 Å². The first-order valence-electron chi connectivity index (χ1n) is 6.36. The van der Waals surface area contributed by atoms with Crippen LogP contribution in [0, 0.1) is 5.92 Å². The molecule has 0 saturated carbocycles. The van der Waals surface area contributed by atoms with Gasteiger partial charge in [-0.2, -0.15) is 0 Å². The maximum atomic E-state index is 11.8. The molecule has 0 fully saturated rings. The number of rotatable bonds is 5. The van der Waals surface area contributed by atoms with Gasteiger partial charge in [-0.15, -0.1) is 0 Å². The van der Waals surface area contributed by atoms with Crippen LogP contribution in [0.1, 0.15) is 19.4 Å². The van der Waals surface area contributed by atoms with Crippen molar-refractivity contribution in [1.29, 1.82) is 0 Å². The highest BCUT2D eigenvalue weighted by molar-refractivity contribution is 5.60. The highest BCUT2D eigenvalue weighted by atomic mass is 16.3. The fourth-order valence-electron chi connectivity index (χ4n) is 1.89. The molecule has 2 aromatic heterocycles. The monoisotopic (exact) mass is 278 g/mol. The number of nitrogens with one attached hydrogen (secondary N) is 2. The smallest absolute Gasteiger partial charge is 0.330 e. The van der Waals surface area contributed by atoms with E-state index in [2.05, 4.69) is 10.3 Å². The third-order valence-corrected chi connectivity index (χ3v) is 2.84. The Morgan fingerprint density at radius 1 is 1.45 bits per heavy atom. The predicted octanol–water partition coefficient (Wildman–Crippen LogP) is 0.980. The van der Waals surface area contributed by atoms with E-state index < -0.39 is 11.2 Å². The third-order valence-electron chi connectivity index (χ3n) is 2.84. The number of H-pyrrole nitrogens is 1. The molecule has 7 nitrogen and oxygen atoms in total. The summed E-state index contributed by atoms with van der Waals surface area (Å²) in [6, 6.07) is 1.78. The van der Waals surface area contributed by atoms with E-state index in [4.69, 9.17) is 10.2 Å². The van der Waals surface area contributed by atoms with Crippen LogP contribution in [0.15, 0.2) is 32.6 Å². The Balaban J connectivity index is 2.32. The summed E-state index contributed by atoms with van der Waals surface area (Å²) in [6.45, 7) is 4.77. The molecule has 108 valence electrons. The highest BCUT2D eigenvalue weighted by Crippen LogP contribution is 2.13. The average molecular weight is 278 g/mol. The van der Waals surface area contributed by atoms with Gasteiger partial charge in [0.05, 0.1) is 12.5 Å². The van der Waals surface area contributed by atoms with Crippen molar-refractivity contribution in [2.45, 2.75) is 26.9 Å². The summed E-state index contributed by atoms with van der Waals surface area (Å²) in [7, 11) is 0. The van der Waals surface area contributed by atoms with Gasteiger partial charge < -0.3 is 15.5 Å². The zero-order valence-corrected chi connectivity index (χ0v) is 11.5. The average Bonchev–Trinajstić information content (AvgIpc) is 2.87. The number of aromatic amines is 1. The second-order valence-corrected chi connectivity index (χ2v) is 5.01. The minimum Gasteiger partial charge on any atom is -0.472 e. The Labute approximate surface area is 115 Å². The van der Waals surface area contributed by atoms with Gasteiger partial charge in [-0.05, 0) is 12.0 Å². The Morgan fingerprint density at radius 3 is 2.80 bits per heavy atom. The predicted molar refractivity (Wildman–Crippen MR) is 76.6 cm³/mol. The molecule has 2 aromatic rings. The van der Waals surface area contributed by atoms with Crippen molar-refractivity contribution in [3.05, 3.63) is 45.0 Å². The number of anilines is 2. The normalized spacial score (nSPS) is 10.9. The van der Waals surface area contributed by atoms with Crippen LogP contribution >= 0.6 is 0 Å². The van der Waals surface area contributed by atoms with E-state index in [-0.39, 0.29) is 17.4 Å². The van der Waals surface area contributed by atoms with Crippen molar-refractivity contribution in [2.75, 3.05) is 11.1 Å². The lowest BCUT2D eigenvalue weighted by Crippen LogP contribution is -2.35. The van der Waals surface area contributed by atoms with Gasteiger partial charge in [0.1, 0.15) is 11.5 Å². The number of furan rings is 1. The molecule has 0 atom stereocenters. The third kappa shape index (κ3) is 2.93. The summed E-state index contributed by atoms with van der Waals surface area (Å²) < 4.78 is 6.31. The fourth-order valence-corrected chi connectivity index (χ4v) is 1.89. The fraction of sp³-hybridized carbons (Fsp3) is 0.385. The summed E-state index contributed by atoms with van der Waals surface area (Å²) >= 11 is 0. The molecule has 0 aliphatic heterocycles. The van der Waals surface area contributed by atoms with E-state index in [0.29, 0.717) is 13.1 Å². The van der Waals surface area contributed by atoms with Crippen LogP contribution in [0.25, 0.3) is 0 Å². The first-order valence-corrected chi connectivity index (χ1v) is 6.36. The summed E-state index contributed by atoms with van der Waals surface area (Å²) in [4.78, 5) is 25.9. The van der Waals surface area contributed by atoms with Crippen LogP contribution in [0.4, 0.5) is 11.5 Å². The number of hydrogen-bond donors (Lipinski definition) is 3. The van der Waals surface area contributed by atoms with E-state index in [9.17, 15) is 9.59 Å². The summed E-state index contributed by atoms with van der Waals surface area (Å²) in [5, 5.41) is 2.94. The van der Waals surface area contributed by atoms with E-state index in [0.717, 1.165) is 5.56 Å². The molecule has 0 aliphatic rings. The van der Waals surface area contributed by atoms with Crippen LogP contribution < -0.4 is 22.3 Å². The Bertz CT molecular complexity index is 683. The molecule has 2 heterocycles. The van der Waals surface area contributed by atoms with Gasteiger partial charge in [-0.3, -0.25) is 14.3 Å². The first kappa shape index (κ1) is 14.0. The van der Waals surface area contributed by atoms with Gasteiger partial charge in [0, 0.05) is 18.7 Å². The van der Waals surface area contributed by atoms with Gasteiger partial charge in [-0.25, -0.2) is 4.79 Å². The van der Waals surface area contributed by atoms with Gasteiger partial charge in [0.15, 0.2) is 0 Å². The lowest BCUT2D eigenvalue weighted by molar-refractivity contribution is 0.508. The molecule has 0 amide bonds. The molecule has 2 rings (SSSR count). The molecule has 0 spiro atoms. The quantitative estimate of drug-likeness (QED) is 0.756. The Morgan fingerprint density at radius 2 is 2.20 bits per heavy atom. The van der Waals surface area contributed by atoms with Crippen LogP contribution in [-0.4, -0.2) is 9.55 Å². The largest absolute Gasteiger partial charge is 0.472 e. The second-order valence-electron chi connectivity index (χ2n) is 5.01. The topological polar surface area (TPSA) is 106 Å². The molecule has 0 bridgehead atoms. The molecule has 0 unspecified atom stereocenters. The molecule has 7 heteroatoms. The van der Waals surface area contributed by atoms with E-state index in [1.165, 1.54) is 4.57 Å². The van der Waals surface area contributed by atoms with Crippen molar-refractivity contribution in [2.24, 2.45) is 5.92 Å². The van der Waals surface area contributed by atoms with Crippen molar-refractivity contribution >= 4 is 11.5 Å². The molecule has 4 N–H and O–H groups in total. The van der Waals surface area contributed by atoms with Crippen LogP contribution in [-0.2, 0) is 13.1 Å². The minimum atomic E-state index is -0.518. The van der Waals surface area contributed by atoms with Crippen molar-refractivity contribution in [3.63, 3.8) is 0 Å². The Kier molecular flexibility index (Phi) is 3.97. The van der Waals surface area contributed by atoms with Gasteiger partial charge in [-0.1, -0.05) is 13.8 Å². The number of aromatic nitrogens is 2.